The predicted molar refractivity (Wildman–Crippen MR) is 114 cm³/mol. The highest BCUT2D eigenvalue weighted by atomic mass is 16.5. The van der Waals surface area contributed by atoms with Crippen molar-refractivity contribution in [2.75, 3.05) is 0 Å². The fourth-order valence-corrected chi connectivity index (χ4v) is 2.83. The number of carbonyl (C=O) groups is 2. The first kappa shape index (κ1) is 23.4. The van der Waals surface area contributed by atoms with E-state index in [1.165, 1.54) is 16.7 Å². The number of carbonyl (C=O) groups excluding carboxylic acids is 1. The summed E-state index contributed by atoms with van der Waals surface area (Å²) in [6, 6.07) is 0. The largest absolute Gasteiger partial charge is 0.481 e. The van der Waals surface area contributed by atoms with Gasteiger partial charge >= 0.3 is 11.9 Å². The van der Waals surface area contributed by atoms with Gasteiger partial charge in [-0.3, -0.25) is 9.59 Å². The minimum atomic E-state index is -0.980. The molecule has 152 valence electrons. The summed E-state index contributed by atoms with van der Waals surface area (Å²) in [5, 5.41) is 8.63. The second-order valence-electron chi connectivity index (χ2n) is 7.09. The fourth-order valence-electron chi connectivity index (χ4n) is 2.83. The van der Waals surface area contributed by atoms with E-state index in [1.54, 1.807) is 0 Å². The number of hydrogen-bond donors (Lipinski definition) is 1. The summed E-state index contributed by atoms with van der Waals surface area (Å²) in [5.74, 6) is -1.41. The Hall–Kier alpha value is -2.62. The SMILES string of the molecule is C/C=C/C=C(C)/C=C/C=C(C)/C=C/C1=C(C)CC(OC(=O)CCC(=O)O)CC1. The van der Waals surface area contributed by atoms with E-state index < -0.39 is 11.9 Å². The molecule has 1 aliphatic rings. The van der Waals surface area contributed by atoms with Crippen LogP contribution in [0.1, 0.15) is 59.8 Å². The number of aliphatic carboxylic acids is 1. The smallest absolute Gasteiger partial charge is 0.306 e. The van der Waals surface area contributed by atoms with Gasteiger partial charge in [-0.25, -0.2) is 0 Å². The number of allylic oxidation sites excluding steroid dienone is 11. The molecule has 1 atom stereocenters. The van der Waals surface area contributed by atoms with Crippen molar-refractivity contribution in [2.45, 2.75) is 65.9 Å². The number of ether oxygens (including phenoxy) is 1. The summed E-state index contributed by atoms with van der Waals surface area (Å²) in [4.78, 5) is 22.2. The quantitative estimate of drug-likeness (QED) is 0.400. The molecule has 0 aromatic carbocycles. The van der Waals surface area contributed by atoms with E-state index in [0.717, 1.165) is 18.4 Å². The van der Waals surface area contributed by atoms with Gasteiger partial charge in [-0.15, -0.1) is 0 Å². The molecule has 0 heterocycles. The summed E-state index contributed by atoms with van der Waals surface area (Å²) in [7, 11) is 0. The zero-order valence-corrected chi connectivity index (χ0v) is 17.4. The Morgan fingerprint density at radius 3 is 2.43 bits per heavy atom. The highest BCUT2D eigenvalue weighted by Crippen LogP contribution is 2.28. The summed E-state index contributed by atoms with van der Waals surface area (Å²) in [6.07, 6.45) is 18.5. The third kappa shape index (κ3) is 9.91. The molecule has 28 heavy (non-hydrogen) atoms. The molecule has 1 N–H and O–H groups in total. The van der Waals surface area contributed by atoms with Crippen molar-refractivity contribution < 1.29 is 19.4 Å². The average molecular weight is 385 g/mol. The predicted octanol–water partition coefficient (Wildman–Crippen LogP) is 5.84. The van der Waals surface area contributed by atoms with E-state index in [-0.39, 0.29) is 18.9 Å². The molecular weight excluding hydrogens is 352 g/mol. The summed E-state index contributed by atoms with van der Waals surface area (Å²) >= 11 is 0. The van der Waals surface area contributed by atoms with Crippen LogP contribution < -0.4 is 0 Å². The molecule has 0 saturated carbocycles. The minimum absolute atomic E-state index is 0.0672. The number of rotatable bonds is 9. The first-order chi connectivity index (χ1) is 13.3. The lowest BCUT2D eigenvalue weighted by Gasteiger charge is -2.24. The van der Waals surface area contributed by atoms with Crippen LogP contribution in [0, 0.1) is 0 Å². The molecule has 1 aliphatic carbocycles. The average Bonchev–Trinajstić information content (AvgIpc) is 2.64. The highest BCUT2D eigenvalue weighted by molar-refractivity contribution is 5.76. The maximum absolute atomic E-state index is 11.7. The van der Waals surface area contributed by atoms with Gasteiger partial charge in [0, 0.05) is 6.42 Å². The van der Waals surface area contributed by atoms with Crippen LogP contribution in [-0.4, -0.2) is 23.1 Å². The van der Waals surface area contributed by atoms with Gasteiger partial charge in [0.2, 0.25) is 0 Å². The lowest BCUT2D eigenvalue weighted by Crippen LogP contribution is -2.22. The van der Waals surface area contributed by atoms with Crippen LogP contribution in [0.15, 0.2) is 70.9 Å². The molecule has 4 heteroatoms. The Kier molecular flexibility index (Phi) is 10.6. The molecule has 1 rings (SSSR count). The van der Waals surface area contributed by atoms with Crippen LogP contribution in [0.5, 0.6) is 0 Å². The Morgan fingerprint density at radius 1 is 1.11 bits per heavy atom. The molecule has 0 aliphatic heterocycles. The fraction of sp³-hybridized carbons (Fsp3) is 0.417. The van der Waals surface area contributed by atoms with Gasteiger partial charge in [-0.2, -0.15) is 0 Å². The molecule has 0 aromatic rings. The monoisotopic (exact) mass is 384 g/mol. The molecule has 0 saturated heterocycles. The zero-order valence-electron chi connectivity index (χ0n) is 17.4. The van der Waals surface area contributed by atoms with Crippen molar-refractivity contribution in [3.63, 3.8) is 0 Å². The van der Waals surface area contributed by atoms with Crippen LogP contribution in [-0.2, 0) is 14.3 Å². The number of carboxylic acids is 1. The maximum Gasteiger partial charge on any atom is 0.306 e. The lowest BCUT2D eigenvalue weighted by atomic mass is 9.90. The first-order valence-corrected chi connectivity index (χ1v) is 9.74. The minimum Gasteiger partial charge on any atom is -0.481 e. The molecule has 0 bridgehead atoms. The molecular formula is C24H32O4. The third-order valence-electron chi connectivity index (χ3n) is 4.48. The molecule has 0 aromatic heterocycles. The number of hydrogen-bond acceptors (Lipinski definition) is 3. The summed E-state index contributed by atoms with van der Waals surface area (Å²) in [5.41, 5.74) is 4.85. The summed E-state index contributed by atoms with van der Waals surface area (Å²) < 4.78 is 5.40. The molecule has 0 amide bonds. The maximum atomic E-state index is 11.7. The van der Waals surface area contributed by atoms with Gasteiger partial charge in [0.1, 0.15) is 6.10 Å². The second kappa shape index (κ2) is 12.7. The van der Waals surface area contributed by atoms with Gasteiger partial charge in [0.15, 0.2) is 0 Å². The van der Waals surface area contributed by atoms with E-state index in [4.69, 9.17) is 9.84 Å². The Labute approximate surface area is 168 Å². The lowest BCUT2D eigenvalue weighted by molar-refractivity contribution is -0.152. The van der Waals surface area contributed by atoms with Crippen LogP contribution in [0.3, 0.4) is 0 Å². The normalized spacial score (nSPS) is 19.2. The van der Waals surface area contributed by atoms with Crippen molar-refractivity contribution in [1.29, 1.82) is 0 Å². The van der Waals surface area contributed by atoms with E-state index in [9.17, 15) is 9.59 Å². The van der Waals surface area contributed by atoms with Crippen LogP contribution in [0.4, 0.5) is 0 Å². The van der Waals surface area contributed by atoms with E-state index in [1.807, 2.05) is 25.2 Å². The van der Waals surface area contributed by atoms with Crippen molar-refractivity contribution >= 4 is 11.9 Å². The standard InChI is InChI=1S/C24H32O4/c1-5-6-8-18(2)9-7-10-19(3)11-12-21-13-14-22(17-20(21)4)28-24(27)16-15-23(25)26/h5-12,22H,13-17H2,1-4H3,(H,25,26)/b6-5+,9-7+,12-11+,18-8+,19-10+. The van der Waals surface area contributed by atoms with Gasteiger partial charge in [-0.05, 0) is 46.1 Å². The van der Waals surface area contributed by atoms with Crippen LogP contribution in [0.25, 0.3) is 0 Å². The van der Waals surface area contributed by atoms with Crippen molar-refractivity contribution in [2.24, 2.45) is 0 Å². The zero-order chi connectivity index (χ0) is 20.9. The van der Waals surface area contributed by atoms with E-state index in [0.29, 0.717) is 6.42 Å². The Balaban J connectivity index is 2.58. The van der Waals surface area contributed by atoms with E-state index >= 15 is 0 Å². The van der Waals surface area contributed by atoms with Crippen LogP contribution in [0.2, 0.25) is 0 Å². The molecule has 0 fully saturated rings. The van der Waals surface area contributed by atoms with Crippen molar-refractivity contribution in [3.05, 3.63) is 70.9 Å². The molecule has 0 spiro atoms. The number of carboxylic acid groups (broad SMARTS) is 1. The highest BCUT2D eigenvalue weighted by Gasteiger charge is 2.21. The third-order valence-corrected chi connectivity index (χ3v) is 4.48. The Morgan fingerprint density at radius 2 is 1.79 bits per heavy atom. The van der Waals surface area contributed by atoms with Crippen molar-refractivity contribution in [1.82, 2.24) is 0 Å². The Bertz CT molecular complexity index is 730. The molecule has 1 unspecified atom stereocenters. The number of esters is 1. The van der Waals surface area contributed by atoms with Gasteiger partial charge in [-0.1, -0.05) is 65.3 Å². The van der Waals surface area contributed by atoms with Gasteiger partial charge < -0.3 is 9.84 Å². The van der Waals surface area contributed by atoms with E-state index in [2.05, 4.69) is 51.2 Å². The molecule has 0 radical (unpaired) electrons. The molecule has 4 nitrogen and oxygen atoms in total. The van der Waals surface area contributed by atoms with Gasteiger partial charge in [0.05, 0.1) is 12.8 Å². The summed E-state index contributed by atoms with van der Waals surface area (Å²) in [6.45, 7) is 8.19. The topological polar surface area (TPSA) is 63.6 Å². The van der Waals surface area contributed by atoms with Crippen LogP contribution >= 0.6 is 0 Å². The first-order valence-electron chi connectivity index (χ1n) is 9.74. The van der Waals surface area contributed by atoms with Crippen molar-refractivity contribution in [3.8, 4) is 0 Å². The second-order valence-corrected chi connectivity index (χ2v) is 7.09. The van der Waals surface area contributed by atoms with Gasteiger partial charge in [0.25, 0.3) is 0 Å².